The van der Waals surface area contributed by atoms with Crippen LogP contribution in [-0.2, 0) is 16.1 Å². The van der Waals surface area contributed by atoms with Gasteiger partial charge >= 0.3 is 0 Å². The summed E-state index contributed by atoms with van der Waals surface area (Å²) in [5.74, 6) is -0.713. The van der Waals surface area contributed by atoms with Gasteiger partial charge in [-0.2, -0.15) is 0 Å². The molecule has 1 saturated heterocycles. The first kappa shape index (κ1) is 16.2. The molecule has 1 aliphatic heterocycles. The zero-order valence-electron chi connectivity index (χ0n) is 13.2. The van der Waals surface area contributed by atoms with E-state index in [-0.39, 0.29) is 24.2 Å². The zero-order valence-corrected chi connectivity index (χ0v) is 13.2. The van der Waals surface area contributed by atoms with Gasteiger partial charge < -0.3 is 15.2 Å². The monoisotopic (exact) mass is 330 g/mol. The Bertz CT molecular complexity index is 730. The lowest BCUT2D eigenvalue weighted by molar-refractivity contribution is -0.128. The number of amides is 2. The number of imidazole rings is 1. The van der Waals surface area contributed by atoms with Crippen molar-refractivity contribution < 1.29 is 14.0 Å². The Morgan fingerprint density at radius 2 is 2.29 bits per heavy atom. The molecule has 2 heterocycles. The van der Waals surface area contributed by atoms with Crippen molar-refractivity contribution in [3.05, 3.63) is 48.3 Å². The summed E-state index contributed by atoms with van der Waals surface area (Å²) in [5, 5.41) is 5.48. The van der Waals surface area contributed by atoms with E-state index in [1.54, 1.807) is 29.1 Å². The first-order valence-corrected chi connectivity index (χ1v) is 7.97. The lowest BCUT2D eigenvalue weighted by Gasteiger charge is -2.16. The summed E-state index contributed by atoms with van der Waals surface area (Å²) in [6.45, 7) is 0.215. The number of benzene rings is 1. The van der Waals surface area contributed by atoms with Crippen LogP contribution in [0.2, 0.25) is 0 Å². The topological polar surface area (TPSA) is 76.0 Å². The van der Waals surface area contributed by atoms with Gasteiger partial charge in [0.05, 0.1) is 12.0 Å². The third kappa shape index (κ3) is 3.79. The Hall–Kier alpha value is -2.70. The Kier molecular flexibility index (Phi) is 4.88. The van der Waals surface area contributed by atoms with Crippen molar-refractivity contribution in [2.75, 3.05) is 0 Å². The molecule has 1 unspecified atom stereocenters. The van der Waals surface area contributed by atoms with E-state index >= 15 is 0 Å². The summed E-state index contributed by atoms with van der Waals surface area (Å²) < 4.78 is 15.8. The molecule has 2 aromatic rings. The molecule has 1 fully saturated rings. The Morgan fingerprint density at radius 1 is 1.42 bits per heavy atom. The minimum atomic E-state index is -0.505. The minimum absolute atomic E-state index is 0.0941. The molecule has 0 spiro atoms. The fraction of sp³-hybridized carbons (Fsp3) is 0.353. The van der Waals surface area contributed by atoms with Crippen LogP contribution in [0, 0.1) is 5.82 Å². The summed E-state index contributed by atoms with van der Waals surface area (Å²) in [6.07, 6.45) is 7.50. The molecular weight excluding hydrogens is 311 g/mol. The van der Waals surface area contributed by atoms with Crippen LogP contribution >= 0.6 is 0 Å². The van der Waals surface area contributed by atoms with Gasteiger partial charge in [0.25, 0.3) is 0 Å². The van der Waals surface area contributed by atoms with Crippen molar-refractivity contribution in [2.24, 2.45) is 0 Å². The van der Waals surface area contributed by atoms with Gasteiger partial charge in [-0.3, -0.25) is 9.59 Å². The zero-order chi connectivity index (χ0) is 16.9. The molecule has 3 rings (SSSR count). The molecule has 0 bridgehead atoms. The number of carbonyl (C=O) groups is 2. The quantitative estimate of drug-likeness (QED) is 0.896. The number of aromatic nitrogens is 2. The number of halogens is 1. The van der Waals surface area contributed by atoms with Crippen LogP contribution in [0.1, 0.15) is 31.2 Å². The second-order valence-electron chi connectivity index (χ2n) is 5.84. The van der Waals surface area contributed by atoms with Crippen LogP contribution in [0.25, 0.3) is 5.69 Å². The molecule has 6 nitrogen and oxygen atoms in total. The summed E-state index contributed by atoms with van der Waals surface area (Å²) in [5.41, 5.74) is 1.06. The maximum atomic E-state index is 14.2. The molecule has 126 valence electrons. The van der Waals surface area contributed by atoms with Gasteiger partial charge in [0.1, 0.15) is 11.9 Å². The van der Waals surface area contributed by atoms with Gasteiger partial charge in [0.15, 0.2) is 0 Å². The van der Waals surface area contributed by atoms with Crippen molar-refractivity contribution >= 4 is 11.8 Å². The predicted molar refractivity (Wildman–Crippen MR) is 85.8 cm³/mol. The molecule has 1 aromatic carbocycles. The number of hydrogen-bond acceptors (Lipinski definition) is 3. The molecule has 1 atom stereocenters. The van der Waals surface area contributed by atoms with Crippen LogP contribution in [0.15, 0.2) is 36.9 Å². The molecule has 24 heavy (non-hydrogen) atoms. The molecular formula is C17H19FN4O2. The highest BCUT2D eigenvalue weighted by Gasteiger charge is 2.22. The van der Waals surface area contributed by atoms with Crippen LogP contribution < -0.4 is 10.6 Å². The fourth-order valence-electron chi connectivity index (χ4n) is 2.75. The van der Waals surface area contributed by atoms with Gasteiger partial charge in [0, 0.05) is 25.4 Å². The molecule has 2 N–H and O–H groups in total. The number of nitrogens with zero attached hydrogens (tertiary/aromatic N) is 2. The molecule has 0 saturated carbocycles. The van der Waals surface area contributed by atoms with E-state index < -0.39 is 6.04 Å². The Balaban J connectivity index is 1.61. The van der Waals surface area contributed by atoms with Crippen molar-refractivity contribution in [1.29, 1.82) is 0 Å². The molecule has 7 heteroatoms. The van der Waals surface area contributed by atoms with Gasteiger partial charge in [-0.25, -0.2) is 9.37 Å². The highest BCUT2D eigenvalue weighted by Crippen LogP contribution is 2.15. The number of carbonyl (C=O) groups excluding carboxylic acids is 2. The van der Waals surface area contributed by atoms with E-state index in [4.69, 9.17) is 0 Å². The lowest BCUT2D eigenvalue weighted by atomic mass is 10.1. The van der Waals surface area contributed by atoms with E-state index in [9.17, 15) is 14.0 Å². The molecule has 1 aromatic heterocycles. The van der Waals surface area contributed by atoms with Crippen LogP contribution in [-0.4, -0.2) is 27.4 Å². The second-order valence-corrected chi connectivity index (χ2v) is 5.84. The molecule has 0 aliphatic carbocycles. The van der Waals surface area contributed by atoms with E-state index in [0.717, 1.165) is 12.8 Å². The standard InChI is InChI=1S/C17H19FN4O2/c18-13-9-12(5-6-15(13)22-8-7-19-11-22)10-20-17(24)14-3-1-2-4-16(23)21-14/h5-9,11,14H,1-4,10H2,(H,20,24)(H,21,23). The van der Waals surface area contributed by atoms with Crippen molar-refractivity contribution in [3.63, 3.8) is 0 Å². The van der Waals surface area contributed by atoms with Crippen LogP contribution in [0.3, 0.4) is 0 Å². The third-order valence-corrected chi connectivity index (χ3v) is 4.06. The third-order valence-electron chi connectivity index (χ3n) is 4.06. The molecule has 1 aliphatic rings. The van der Waals surface area contributed by atoms with E-state index in [1.165, 1.54) is 12.4 Å². The summed E-state index contributed by atoms with van der Waals surface area (Å²) in [4.78, 5) is 27.6. The summed E-state index contributed by atoms with van der Waals surface area (Å²) >= 11 is 0. The van der Waals surface area contributed by atoms with E-state index in [0.29, 0.717) is 24.1 Å². The maximum Gasteiger partial charge on any atom is 0.242 e. The fourth-order valence-corrected chi connectivity index (χ4v) is 2.75. The largest absolute Gasteiger partial charge is 0.350 e. The van der Waals surface area contributed by atoms with Crippen LogP contribution in [0.5, 0.6) is 0 Å². The Morgan fingerprint density at radius 3 is 3.04 bits per heavy atom. The summed E-state index contributed by atoms with van der Waals surface area (Å²) in [7, 11) is 0. The van der Waals surface area contributed by atoms with Crippen molar-refractivity contribution in [1.82, 2.24) is 20.2 Å². The summed E-state index contributed by atoms with van der Waals surface area (Å²) in [6, 6.07) is 4.28. The van der Waals surface area contributed by atoms with Gasteiger partial charge in [-0.1, -0.05) is 12.5 Å². The molecule has 2 amide bonds. The average Bonchev–Trinajstić information content (AvgIpc) is 3.01. The second kappa shape index (κ2) is 7.25. The maximum absolute atomic E-state index is 14.2. The smallest absolute Gasteiger partial charge is 0.242 e. The number of nitrogens with one attached hydrogen (secondary N) is 2. The number of rotatable bonds is 4. The van der Waals surface area contributed by atoms with Crippen molar-refractivity contribution in [2.45, 2.75) is 38.3 Å². The Labute approximate surface area is 139 Å². The van der Waals surface area contributed by atoms with Gasteiger partial charge in [0.2, 0.25) is 11.8 Å². The van der Waals surface area contributed by atoms with Gasteiger partial charge in [-0.05, 0) is 30.5 Å². The van der Waals surface area contributed by atoms with Crippen molar-refractivity contribution in [3.8, 4) is 5.69 Å². The van der Waals surface area contributed by atoms with Crippen LogP contribution in [0.4, 0.5) is 4.39 Å². The minimum Gasteiger partial charge on any atom is -0.350 e. The predicted octanol–water partition coefficient (Wildman–Crippen LogP) is 1.69. The van der Waals surface area contributed by atoms with Gasteiger partial charge in [-0.15, -0.1) is 0 Å². The molecule has 0 radical (unpaired) electrons. The highest BCUT2D eigenvalue weighted by atomic mass is 19.1. The highest BCUT2D eigenvalue weighted by molar-refractivity contribution is 5.87. The number of hydrogen-bond donors (Lipinski definition) is 2. The first-order valence-electron chi connectivity index (χ1n) is 7.97. The first-order chi connectivity index (χ1) is 11.6. The normalized spacial score (nSPS) is 17.9. The lowest BCUT2D eigenvalue weighted by Crippen LogP contribution is -2.45. The van der Waals surface area contributed by atoms with E-state index in [1.807, 2.05) is 0 Å². The van der Waals surface area contributed by atoms with E-state index in [2.05, 4.69) is 15.6 Å². The average molecular weight is 330 g/mol. The SMILES string of the molecule is O=C1CCCCC(C(=O)NCc2ccc(-n3ccnc3)c(F)c2)N1.